The Kier molecular flexibility index (Phi) is 7.50. The number of likely N-dealkylation sites (N-methyl/N-ethyl adjacent to an activating group) is 1. The van der Waals surface area contributed by atoms with E-state index in [1.807, 2.05) is 24.1 Å². The Labute approximate surface area is 143 Å². The van der Waals surface area contributed by atoms with Crippen LogP contribution in [-0.4, -0.2) is 42.9 Å². The minimum Gasteiger partial charge on any atom is -0.347 e. The number of alkyl halides is 3. The summed E-state index contributed by atoms with van der Waals surface area (Å²) in [6.07, 6.45) is -4.70. The average Bonchev–Trinajstić information content (AvgIpc) is 2.52. The highest BCUT2D eigenvalue weighted by molar-refractivity contribution is 6.39. The van der Waals surface area contributed by atoms with E-state index in [1.165, 1.54) is 6.07 Å². The van der Waals surface area contributed by atoms with E-state index >= 15 is 0 Å². The molecular weight excluding hydrogens is 347 g/mol. The van der Waals surface area contributed by atoms with Crippen molar-refractivity contribution < 1.29 is 22.8 Å². The van der Waals surface area contributed by atoms with Crippen molar-refractivity contribution in [2.75, 3.05) is 31.5 Å². The van der Waals surface area contributed by atoms with Gasteiger partial charge in [0.1, 0.15) is 0 Å². The Bertz CT molecular complexity index is 590. The lowest BCUT2D eigenvalue weighted by molar-refractivity contribution is -0.138. The molecule has 0 bridgehead atoms. The van der Waals surface area contributed by atoms with Gasteiger partial charge in [-0.2, -0.15) is 13.2 Å². The molecule has 0 aliphatic rings. The Morgan fingerprint density at radius 2 is 1.79 bits per heavy atom. The Balaban J connectivity index is 2.69. The number of halogens is 4. The largest absolute Gasteiger partial charge is 0.418 e. The molecule has 24 heavy (non-hydrogen) atoms. The number of anilines is 1. The molecule has 0 saturated heterocycles. The summed E-state index contributed by atoms with van der Waals surface area (Å²) in [6, 6.07) is 2.90. The first-order chi connectivity index (χ1) is 11.2. The predicted molar refractivity (Wildman–Crippen MR) is 85.9 cm³/mol. The summed E-state index contributed by atoms with van der Waals surface area (Å²) in [5.74, 6) is -2.16. The molecule has 1 aromatic rings. The lowest BCUT2D eigenvalue weighted by Crippen LogP contribution is -2.40. The van der Waals surface area contributed by atoms with Crippen molar-refractivity contribution in [3.8, 4) is 0 Å². The second kappa shape index (κ2) is 8.89. The molecule has 0 unspecified atom stereocenters. The molecule has 0 aliphatic carbocycles. The van der Waals surface area contributed by atoms with Crippen LogP contribution in [-0.2, 0) is 15.8 Å². The van der Waals surface area contributed by atoms with Crippen LogP contribution in [0.5, 0.6) is 0 Å². The van der Waals surface area contributed by atoms with Crippen molar-refractivity contribution in [3.05, 3.63) is 28.8 Å². The van der Waals surface area contributed by atoms with Gasteiger partial charge in [0.2, 0.25) is 0 Å². The van der Waals surface area contributed by atoms with Crippen LogP contribution in [0.4, 0.5) is 18.9 Å². The van der Waals surface area contributed by atoms with Crippen molar-refractivity contribution in [3.63, 3.8) is 0 Å². The topological polar surface area (TPSA) is 61.4 Å². The number of hydrogen-bond acceptors (Lipinski definition) is 3. The van der Waals surface area contributed by atoms with Crippen molar-refractivity contribution in [2.45, 2.75) is 20.0 Å². The second-order valence-electron chi connectivity index (χ2n) is 4.92. The monoisotopic (exact) mass is 365 g/mol. The predicted octanol–water partition coefficient (Wildman–Crippen LogP) is 2.76. The number of nitrogens with one attached hydrogen (secondary N) is 2. The second-order valence-corrected chi connectivity index (χ2v) is 5.36. The Hall–Kier alpha value is -1.80. The molecule has 9 heteroatoms. The summed E-state index contributed by atoms with van der Waals surface area (Å²) >= 11 is 5.55. The van der Waals surface area contributed by atoms with Crippen LogP contribution in [0.25, 0.3) is 0 Å². The molecular formula is C15H19ClF3N3O2. The van der Waals surface area contributed by atoms with Gasteiger partial charge in [-0.15, -0.1) is 0 Å². The summed E-state index contributed by atoms with van der Waals surface area (Å²) < 4.78 is 38.8. The highest BCUT2D eigenvalue weighted by Gasteiger charge is 2.34. The van der Waals surface area contributed by atoms with Crippen LogP contribution >= 0.6 is 11.6 Å². The van der Waals surface area contributed by atoms with Crippen molar-refractivity contribution >= 4 is 29.1 Å². The summed E-state index contributed by atoms with van der Waals surface area (Å²) in [5.41, 5.74) is -1.63. The number of carbonyl (C=O) groups excluding carboxylic acids is 2. The molecule has 0 fully saturated rings. The van der Waals surface area contributed by atoms with Gasteiger partial charge in [-0.25, -0.2) is 0 Å². The van der Waals surface area contributed by atoms with Gasteiger partial charge in [-0.1, -0.05) is 25.4 Å². The number of amides is 2. The SMILES string of the molecule is CCN(CC)CCNC(=O)C(=O)Nc1ccc(Cl)cc1C(F)(F)F. The smallest absolute Gasteiger partial charge is 0.347 e. The molecule has 0 saturated carbocycles. The lowest BCUT2D eigenvalue weighted by Gasteiger charge is -2.18. The quantitative estimate of drug-likeness (QED) is 0.762. The first-order valence-corrected chi connectivity index (χ1v) is 7.75. The van der Waals surface area contributed by atoms with E-state index < -0.39 is 29.2 Å². The number of hydrogen-bond donors (Lipinski definition) is 2. The maximum absolute atomic E-state index is 12.9. The fourth-order valence-corrected chi connectivity index (χ4v) is 2.16. The fraction of sp³-hybridized carbons (Fsp3) is 0.467. The van der Waals surface area contributed by atoms with Gasteiger partial charge >= 0.3 is 18.0 Å². The zero-order chi connectivity index (χ0) is 18.3. The van der Waals surface area contributed by atoms with Gasteiger partial charge < -0.3 is 15.5 Å². The fourth-order valence-electron chi connectivity index (χ4n) is 1.99. The van der Waals surface area contributed by atoms with E-state index in [2.05, 4.69) is 5.32 Å². The van der Waals surface area contributed by atoms with Gasteiger partial charge in [0.25, 0.3) is 0 Å². The number of rotatable bonds is 6. The van der Waals surface area contributed by atoms with E-state index in [-0.39, 0.29) is 11.6 Å². The third-order valence-corrected chi connectivity index (χ3v) is 3.58. The zero-order valence-corrected chi connectivity index (χ0v) is 14.1. The van der Waals surface area contributed by atoms with Gasteiger partial charge in [-0.05, 0) is 31.3 Å². The lowest BCUT2D eigenvalue weighted by atomic mass is 10.1. The molecule has 0 aliphatic heterocycles. The highest BCUT2D eigenvalue weighted by atomic mass is 35.5. The average molecular weight is 366 g/mol. The van der Waals surface area contributed by atoms with Crippen molar-refractivity contribution in [2.24, 2.45) is 0 Å². The Morgan fingerprint density at radius 1 is 1.17 bits per heavy atom. The summed E-state index contributed by atoms with van der Waals surface area (Å²) in [5, 5.41) is 4.22. The molecule has 0 radical (unpaired) electrons. The van der Waals surface area contributed by atoms with Crippen LogP contribution in [0.1, 0.15) is 19.4 Å². The molecule has 1 rings (SSSR count). The summed E-state index contributed by atoms with van der Waals surface area (Å²) in [4.78, 5) is 25.5. The molecule has 0 spiro atoms. The number of carbonyl (C=O) groups is 2. The molecule has 1 aromatic carbocycles. The Morgan fingerprint density at radius 3 is 2.33 bits per heavy atom. The first kappa shape index (κ1) is 20.2. The van der Waals surface area contributed by atoms with Crippen LogP contribution in [0.2, 0.25) is 5.02 Å². The zero-order valence-electron chi connectivity index (χ0n) is 13.3. The summed E-state index contributed by atoms with van der Waals surface area (Å²) in [7, 11) is 0. The standard InChI is InChI=1S/C15H19ClF3N3O2/c1-3-22(4-2)8-7-20-13(23)14(24)21-12-6-5-10(16)9-11(12)15(17,18)19/h5-6,9H,3-4,7-8H2,1-2H3,(H,20,23)(H,21,24). The minimum atomic E-state index is -4.70. The van der Waals surface area contributed by atoms with Crippen molar-refractivity contribution in [1.82, 2.24) is 10.2 Å². The van der Waals surface area contributed by atoms with E-state index in [0.717, 1.165) is 19.2 Å². The first-order valence-electron chi connectivity index (χ1n) is 7.37. The molecule has 134 valence electrons. The van der Waals surface area contributed by atoms with Gasteiger partial charge in [0.05, 0.1) is 11.3 Å². The van der Waals surface area contributed by atoms with Crippen LogP contribution < -0.4 is 10.6 Å². The molecule has 2 amide bonds. The van der Waals surface area contributed by atoms with Crippen LogP contribution in [0.15, 0.2) is 18.2 Å². The maximum atomic E-state index is 12.9. The van der Waals surface area contributed by atoms with E-state index in [4.69, 9.17) is 11.6 Å². The third-order valence-electron chi connectivity index (χ3n) is 3.35. The molecule has 0 aromatic heterocycles. The van der Waals surface area contributed by atoms with Crippen LogP contribution in [0.3, 0.4) is 0 Å². The minimum absolute atomic E-state index is 0.121. The number of nitrogens with zero attached hydrogens (tertiary/aromatic N) is 1. The third kappa shape index (κ3) is 6.01. The molecule has 2 N–H and O–H groups in total. The van der Waals surface area contributed by atoms with Crippen molar-refractivity contribution in [1.29, 1.82) is 0 Å². The molecule has 0 heterocycles. The highest BCUT2D eigenvalue weighted by Crippen LogP contribution is 2.36. The normalized spacial score (nSPS) is 11.5. The van der Waals surface area contributed by atoms with E-state index in [1.54, 1.807) is 0 Å². The van der Waals surface area contributed by atoms with E-state index in [9.17, 15) is 22.8 Å². The maximum Gasteiger partial charge on any atom is 0.418 e. The number of benzene rings is 1. The van der Waals surface area contributed by atoms with Crippen LogP contribution in [0, 0.1) is 0 Å². The van der Waals surface area contributed by atoms with Gasteiger partial charge in [0.15, 0.2) is 0 Å². The van der Waals surface area contributed by atoms with Gasteiger partial charge in [-0.3, -0.25) is 9.59 Å². The molecule has 5 nitrogen and oxygen atoms in total. The van der Waals surface area contributed by atoms with E-state index in [0.29, 0.717) is 12.6 Å². The van der Waals surface area contributed by atoms with Gasteiger partial charge in [0, 0.05) is 18.1 Å². The molecule has 0 atom stereocenters. The summed E-state index contributed by atoms with van der Waals surface area (Å²) in [6.45, 7) is 6.26.